The van der Waals surface area contributed by atoms with Gasteiger partial charge in [0.15, 0.2) is 0 Å². The Bertz CT molecular complexity index is 394. The van der Waals surface area contributed by atoms with Crippen LogP contribution >= 0.6 is 11.6 Å². The van der Waals surface area contributed by atoms with Crippen LogP contribution in [0.15, 0.2) is 18.2 Å². The minimum absolute atomic E-state index is 0.139. The van der Waals surface area contributed by atoms with E-state index in [1.54, 1.807) is 0 Å². The van der Waals surface area contributed by atoms with E-state index in [0.717, 1.165) is 17.0 Å². The van der Waals surface area contributed by atoms with E-state index < -0.39 is 0 Å². The third-order valence-electron chi connectivity index (χ3n) is 3.60. The van der Waals surface area contributed by atoms with Gasteiger partial charge in [-0.2, -0.15) is 0 Å². The molecule has 2 atom stereocenters. The zero-order valence-corrected chi connectivity index (χ0v) is 12.8. The third kappa shape index (κ3) is 3.25. The van der Waals surface area contributed by atoms with Gasteiger partial charge in [0.05, 0.1) is 11.6 Å². The Labute approximate surface area is 116 Å². The number of ether oxygens (including phenoxy) is 1. The number of halogens is 1. The third-order valence-corrected chi connectivity index (χ3v) is 4.01. The summed E-state index contributed by atoms with van der Waals surface area (Å²) in [5.41, 5.74) is 2.05. The molecule has 0 aliphatic rings. The molecule has 0 saturated heterocycles. The van der Waals surface area contributed by atoms with Crippen molar-refractivity contribution in [3.8, 4) is 0 Å². The van der Waals surface area contributed by atoms with Gasteiger partial charge in [0, 0.05) is 11.6 Å². The number of benzene rings is 1. The zero-order valence-electron chi connectivity index (χ0n) is 12.0. The van der Waals surface area contributed by atoms with Gasteiger partial charge in [-0.3, -0.25) is 0 Å². The van der Waals surface area contributed by atoms with Gasteiger partial charge < -0.3 is 10.1 Å². The van der Waals surface area contributed by atoms with Crippen LogP contribution in [0.2, 0.25) is 5.02 Å². The van der Waals surface area contributed by atoms with Crippen LogP contribution in [-0.2, 0) is 4.74 Å². The second kappa shape index (κ2) is 6.55. The molecule has 0 aromatic heterocycles. The van der Waals surface area contributed by atoms with E-state index >= 15 is 0 Å². The van der Waals surface area contributed by atoms with Crippen molar-refractivity contribution >= 4 is 11.6 Å². The Kier molecular flexibility index (Phi) is 5.64. The first-order valence-electron chi connectivity index (χ1n) is 6.55. The summed E-state index contributed by atoms with van der Waals surface area (Å²) in [5.74, 6) is 0. The number of hydrogen-bond donors (Lipinski definition) is 1. The van der Waals surface area contributed by atoms with Crippen LogP contribution in [0, 0.1) is 6.92 Å². The molecule has 0 aliphatic heterocycles. The minimum atomic E-state index is -0.220. The quantitative estimate of drug-likeness (QED) is 0.839. The molecule has 1 aromatic carbocycles. The molecule has 18 heavy (non-hydrogen) atoms. The normalized spacial score (nSPS) is 16.3. The lowest BCUT2D eigenvalue weighted by molar-refractivity contribution is -0.0546. The molecule has 0 radical (unpaired) electrons. The smallest absolute Gasteiger partial charge is 0.0845 e. The highest BCUT2D eigenvalue weighted by Gasteiger charge is 2.33. The lowest BCUT2D eigenvalue weighted by Gasteiger charge is -2.37. The molecule has 0 bridgehead atoms. The Morgan fingerprint density at radius 1 is 1.39 bits per heavy atom. The molecule has 0 fully saturated rings. The lowest BCUT2D eigenvalue weighted by atomic mass is 9.87. The maximum Gasteiger partial charge on any atom is 0.0845 e. The van der Waals surface area contributed by atoms with E-state index in [0.29, 0.717) is 6.61 Å². The summed E-state index contributed by atoms with van der Waals surface area (Å²) in [7, 11) is 1.96. The topological polar surface area (TPSA) is 21.3 Å². The van der Waals surface area contributed by atoms with Crippen molar-refractivity contribution in [3.63, 3.8) is 0 Å². The van der Waals surface area contributed by atoms with Gasteiger partial charge in [0.2, 0.25) is 0 Å². The molecule has 2 nitrogen and oxygen atoms in total. The zero-order chi connectivity index (χ0) is 13.8. The van der Waals surface area contributed by atoms with Gasteiger partial charge in [-0.25, -0.2) is 0 Å². The Morgan fingerprint density at radius 2 is 2.06 bits per heavy atom. The number of hydrogen-bond acceptors (Lipinski definition) is 2. The summed E-state index contributed by atoms with van der Waals surface area (Å²) in [4.78, 5) is 0. The fourth-order valence-electron chi connectivity index (χ4n) is 2.33. The van der Waals surface area contributed by atoms with Crippen LogP contribution < -0.4 is 5.32 Å². The Morgan fingerprint density at radius 3 is 2.50 bits per heavy atom. The van der Waals surface area contributed by atoms with Crippen molar-refractivity contribution in [2.24, 2.45) is 0 Å². The molecule has 0 spiro atoms. The standard InChI is InChI=1S/C15H24ClNO/c1-6-15(4,18-7-2)14(17-5)12-9-8-11(3)13(16)10-12/h8-10,14,17H,6-7H2,1-5H3. The first-order valence-corrected chi connectivity index (χ1v) is 6.93. The highest BCUT2D eigenvalue weighted by Crippen LogP contribution is 2.33. The highest BCUT2D eigenvalue weighted by atomic mass is 35.5. The molecule has 2 unspecified atom stereocenters. The molecule has 1 aromatic rings. The van der Waals surface area contributed by atoms with Gasteiger partial charge in [0.1, 0.15) is 0 Å². The SMILES string of the molecule is CCOC(C)(CC)C(NC)c1ccc(C)c(Cl)c1. The second-order valence-corrected chi connectivity index (χ2v) is 5.24. The summed E-state index contributed by atoms with van der Waals surface area (Å²) in [5, 5.41) is 4.17. The minimum Gasteiger partial charge on any atom is -0.374 e. The van der Waals surface area contributed by atoms with Crippen LogP contribution in [0.5, 0.6) is 0 Å². The van der Waals surface area contributed by atoms with E-state index in [1.165, 1.54) is 5.56 Å². The monoisotopic (exact) mass is 269 g/mol. The molecule has 102 valence electrons. The van der Waals surface area contributed by atoms with Gasteiger partial charge >= 0.3 is 0 Å². The molecule has 0 aliphatic carbocycles. The van der Waals surface area contributed by atoms with E-state index in [4.69, 9.17) is 16.3 Å². The molecule has 1 N–H and O–H groups in total. The average Bonchev–Trinajstić information content (AvgIpc) is 2.35. The summed E-state index contributed by atoms with van der Waals surface area (Å²) in [6.45, 7) is 9.05. The Hall–Kier alpha value is -0.570. The van der Waals surface area contributed by atoms with Gasteiger partial charge in [0.25, 0.3) is 0 Å². The van der Waals surface area contributed by atoms with Crippen molar-refractivity contribution in [1.29, 1.82) is 0 Å². The molecular formula is C15H24ClNO. The first-order chi connectivity index (χ1) is 8.48. The molecule has 1 rings (SSSR count). The maximum absolute atomic E-state index is 6.22. The van der Waals surface area contributed by atoms with Crippen LogP contribution in [0.1, 0.15) is 44.4 Å². The van der Waals surface area contributed by atoms with Crippen molar-refractivity contribution in [2.75, 3.05) is 13.7 Å². The summed E-state index contributed by atoms with van der Waals surface area (Å²) in [6, 6.07) is 6.35. The van der Waals surface area contributed by atoms with Crippen molar-refractivity contribution in [2.45, 2.75) is 45.8 Å². The number of nitrogens with one attached hydrogen (secondary N) is 1. The van der Waals surface area contributed by atoms with Crippen LogP contribution in [-0.4, -0.2) is 19.3 Å². The largest absolute Gasteiger partial charge is 0.374 e. The van der Waals surface area contributed by atoms with Gasteiger partial charge in [-0.1, -0.05) is 30.7 Å². The number of likely N-dealkylation sites (N-methyl/N-ethyl adjacent to an activating group) is 1. The highest BCUT2D eigenvalue weighted by molar-refractivity contribution is 6.31. The van der Waals surface area contributed by atoms with Crippen LogP contribution in [0.4, 0.5) is 0 Å². The molecular weight excluding hydrogens is 246 g/mol. The number of aryl methyl sites for hydroxylation is 1. The summed E-state index contributed by atoms with van der Waals surface area (Å²) < 4.78 is 5.95. The van der Waals surface area contributed by atoms with Crippen molar-refractivity contribution in [1.82, 2.24) is 5.32 Å². The van der Waals surface area contributed by atoms with E-state index in [2.05, 4.69) is 31.3 Å². The summed E-state index contributed by atoms with van der Waals surface area (Å²) >= 11 is 6.22. The van der Waals surface area contributed by atoms with E-state index in [1.807, 2.05) is 27.0 Å². The van der Waals surface area contributed by atoms with Gasteiger partial charge in [-0.05, 0) is 51.4 Å². The Balaban J connectivity index is 3.11. The first kappa shape index (κ1) is 15.5. The molecule has 0 amide bonds. The number of rotatable bonds is 6. The maximum atomic E-state index is 6.22. The molecule has 3 heteroatoms. The fourth-order valence-corrected chi connectivity index (χ4v) is 2.52. The second-order valence-electron chi connectivity index (χ2n) is 4.83. The average molecular weight is 270 g/mol. The lowest BCUT2D eigenvalue weighted by Crippen LogP contribution is -2.42. The van der Waals surface area contributed by atoms with E-state index in [9.17, 15) is 0 Å². The summed E-state index contributed by atoms with van der Waals surface area (Å²) in [6.07, 6.45) is 0.942. The van der Waals surface area contributed by atoms with Crippen LogP contribution in [0.25, 0.3) is 0 Å². The molecule has 0 saturated carbocycles. The predicted molar refractivity (Wildman–Crippen MR) is 78.3 cm³/mol. The van der Waals surface area contributed by atoms with E-state index in [-0.39, 0.29) is 11.6 Å². The van der Waals surface area contributed by atoms with Crippen molar-refractivity contribution < 1.29 is 4.74 Å². The fraction of sp³-hybridized carbons (Fsp3) is 0.600. The van der Waals surface area contributed by atoms with Crippen LogP contribution in [0.3, 0.4) is 0 Å². The predicted octanol–water partition coefficient (Wildman–Crippen LogP) is 4.11. The van der Waals surface area contributed by atoms with Crippen molar-refractivity contribution in [3.05, 3.63) is 34.3 Å². The van der Waals surface area contributed by atoms with Gasteiger partial charge in [-0.15, -0.1) is 0 Å². The molecule has 0 heterocycles.